The third kappa shape index (κ3) is 2.48. The summed E-state index contributed by atoms with van der Waals surface area (Å²) in [5, 5.41) is 14.6. The summed E-state index contributed by atoms with van der Waals surface area (Å²) in [6.07, 6.45) is 3.17. The second-order valence-corrected chi connectivity index (χ2v) is 5.72. The van der Waals surface area contributed by atoms with Gasteiger partial charge in [0.25, 0.3) is 0 Å². The third-order valence-electron chi connectivity index (χ3n) is 2.90. The van der Waals surface area contributed by atoms with Crippen LogP contribution in [0.25, 0.3) is 15.5 Å². The number of rotatable bonds is 4. The van der Waals surface area contributed by atoms with E-state index in [4.69, 9.17) is 11.6 Å². The first-order valence-electron chi connectivity index (χ1n) is 6.25. The number of nitrogens with zero attached hydrogens (tertiary/aromatic N) is 4. The predicted octanol–water partition coefficient (Wildman–Crippen LogP) is 3.85. The Balaban J connectivity index is 1.97. The molecule has 2 aromatic heterocycles. The molecule has 3 rings (SSSR count). The summed E-state index contributed by atoms with van der Waals surface area (Å²) in [6, 6.07) is 7.69. The van der Waals surface area contributed by atoms with E-state index in [1.165, 1.54) is 0 Å². The first kappa shape index (κ1) is 12.6. The van der Waals surface area contributed by atoms with E-state index >= 15 is 0 Å². The van der Waals surface area contributed by atoms with Gasteiger partial charge < -0.3 is 0 Å². The van der Waals surface area contributed by atoms with Gasteiger partial charge in [0.05, 0.1) is 0 Å². The minimum atomic E-state index is 0.732. The minimum absolute atomic E-state index is 0.732. The normalized spacial score (nSPS) is 11.3. The van der Waals surface area contributed by atoms with Gasteiger partial charge >= 0.3 is 0 Å². The number of aromatic nitrogens is 4. The molecule has 1 aromatic carbocycles. The molecule has 0 spiro atoms. The first-order chi connectivity index (χ1) is 9.28. The van der Waals surface area contributed by atoms with Crippen LogP contribution in [-0.4, -0.2) is 19.8 Å². The van der Waals surface area contributed by atoms with Crippen molar-refractivity contribution < 1.29 is 0 Å². The topological polar surface area (TPSA) is 43.1 Å². The summed E-state index contributed by atoms with van der Waals surface area (Å²) in [5.41, 5.74) is 1.06. The molecule has 19 heavy (non-hydrogen) atoms. The van der Waals surface area contributed by atoms with Gasteiger partial charge in [0.1, 0.15) is 5.01 Å². The molecule has 0 N–H and O–H groups in total. The van der Waals surface area contributed by atoms with Gasteiger partial charge in [-0.1, -0.05) is 48.4 Å². The number of aryl methyl sites for hydroxylation is 1. The van der Waals surface area contributed by atoms with E-state index in [0.29, 0.717) is 0 Å². The minimum Gasteiger partial charge on any atom is -0.187 e. The predicted molar refractivity (Wildman–Crippen MR) is 77.7 cm³/mol. The van der Waals surface area contributed by atoms with Crippen molar-refractivity contribution in [1.29, 1.82) is 0 Å². The molecule has 0 saturated carbocycles. The molecule has 6 heteroatoms. The van der Waals surface area contributed by atoms with Crippen molar-refractivity contribution in [2.75, 3.05) is 0 Å². The van der Waals surface area contributed by atoms with Crippen LogP contribution in [-0.2, 0) is 6.42 Å². The van der Waals surface area contributed by atoms with Crippen LogP contribution in [0.3, 0.4) is 0 Å². The van der Waals surface area contributed by atoms with Gasteiger partial charge in [0.2, 0.25) is 4.96 Å². The van der Waals surface area contributed by atoms with Crippen molar-refractivity contribution >= 4 is 27.9 Å². The van der Waals surface area contributed by atoms with E-state index in [0.717, 1.165) is 45.6 Å². The Morgan fingerprint density at radius 1 is 1.21 bits per heavy atom. The second kappa shape index (κ2) is 5.27. The third-order valence-corrected chi connectivity index (χ3v) is 4.10. The molecule has 0 saturated heterocycles. The lowest BCUT2D eigenvalue weighted by Gasteiger charge is -1.96. The second-order valence-electron chi connectivity index (χ2n) is 4.33. The number of halogens is 1. The van der Waals surface area contributed by atoms with Crippen LogP contribution >= 0.6 is 22.9 Å². The van der Waals surface area contributed by atoms with Crippen molar-refractivity contribution in [3.63, 3.8) is 0 Å². The van der Waals surface area contributed by atoms with E-state index < -0.39 is 0 Å². The first-order valence-corrected chi connectivity index (χ1v) is 7.44. The summed E-state index contributed by atoms with van der Waals surface area (Å²) in [4.78, 5) is 0.844. The van der Waals surface area contributed by atoms with Crippen LogP contribution in [0.1, 0.15) is 25.6 Å². The van der Waals surface area contributed by atoms with E-state index in [1.807, 2.05) is 28.8 Å². The van der Waals surface area contributed by atoms with Gasteiger partial charge in [0, 0.05) is 17.0 Å². The largest absolute Gasteiger partial charge is 0.234 e. The highest BCUT2D eigenvalue weighted by molar-refractivity contribution is 7.19. The molecule has 0 fully saturated rings. The van der Waals surface area contributed by atoms with E-state index in [2.05, 4.69) is 22.2 Å². The molecule has 0 bridgehead atoms. The highest BCUT2D eigenvalue weighted by Crippen LogP contribution is 2.26. The zero-order valence-electron chi connectivity index (χ0n) is 10.5. The molecule has 0 radical (unpaired) electrons. The van der Waals surface area contributed by atoms with Crippen LogP contribution in [0.4, 0.5) is 0 Å². The van der Waals surface area contributed by atoms with Crippen LogP contribution in [0.2, 0.25) is 5.02 Å². The average Bonchev–Trinajstić information content (AvgIpc) is 2.98. The van der Waals surface area contributed by atoms with Gasteiger partial charge in [0.15, 0.2) is 5.82 Å². The van der Waals surface area contributed by atoms with Crippen molar-refractivity contribution in [3.8, 4) is 10.6 Å². The Morgan fingerprint density at radius 2 is 2.00 bits per heavy atom. The summed E-state index contributed by atoms with van der Waals surface area (Å²) in [6.45, 7) is 2.17. The van der Waals surface area contributed by atoms with E-state index in [-0.39, 0.29) is 0 Å². The van der Waals surface area contributed by atoms with Crippen LogP contribution < -0.4 is 0 Å². The van der Waals surface area contributed by atoms with E-state index in [9.17, 15) is 0 Å². The molecule has 0 amide bonds. The van der Waals surface area contributed by atoms with Crippen molar-refractivity contribution in [2.45, 2.75) is 26.2 Å². The molecule has 0 aliphatic heterocycles. The van der Waals surface area contributed by atoms with Gasteiger partial charge in [-0.2, -0.15) is 9.61 Å². The molecule has 0 unspecified atom stereocenters. The smallest absolute Gasteiger partial charge is 0.187 e. The SMILES string of the molecule is CCCCc1nnc2sc(-c3ccc(Cl)cc3)nn12. The molecule has 0 atom stereocenters. The molecule has 0 aliphatic rings. The molecular formula is C13H13ClN4S. The number of hydrogen-bond donors (Lipinski definition) is 0. The highest BCUT2D eigenvalue weighted by atomic mass is 35.5. The van der Waals surface area contributed by atoms with Crippen molar-refractivity contribution in [2.24, 2.45) is 0 Å². The molecule has 4 nitrogen and oxygen atoms in total. The van der Waals surface area contributed by atoms with Crippen LogP contribution in [0.5, 0.6) is 0 Å². The Labute approximate surface area is 120 Å². The average molecular weight is 293 g/mol. The lowest BCUT2D eigenvalue weighted by atomic mass is 10.2. The Morgan fingerprint density at radius 3 is 2.74 bits per heavy atom. The fourth-order valence-corrected chi connectivity index (χ4v) is 2.85. The number of hydrogen-bond acceptors (Lipinski definition) is 4. The van der Waals surface area contributed by atoms with Crippen molar-refractivity contribution in [1.82, 2.24) is 19.8 Å². The van der Waals surface area contributed by atoms with Gasteiger partial charge in [-0.05, 0) is 18.6 Å². The maximum atomic E-state index is 5.89. The zero-order chi connectivity index (χ0) is 13.2. The quantitative estimate of drug-likeness (QED) is 0.733. The fraction of sp³-hybridized carbons (Fsp3) is 0.308. The Bertz CT molecular complexity index is 686. The lowest BCUT2D eigenvalue weighted by Crippen LogP contribution is -1.95. The molecule has 2 heterocycles. The number of unbranched alkanes of at least 4 members (excludes halogenated alkanes) is 1. The van der Waals surface area contributed by atoms with Gasteiger partial charge in [-0.25, -0.2) is 0 Å². The molecule has 0 aliphatic carbocycles. The highest BCUT2D eigenvalue weighted by Gasteiger charge is 2.12. The number of fused-ring (bicyclic) bond motifs is 1. The van der Waals surface area contributed by atoms with Crippen LogP contribution in [0, 0.1) is 0 Å². The summed E-state index contributed by atoms with van der Waals surface area (Å²) in [5.74, 6) is 0.938. The molecule has 3 aromatic rings. The Kier molecular flexibility index (Phi) is 3.48. The molecule has 98 valence electrons. The lowest BCUT2D eigenvalue weighted by molar-refractivity contribution is 0.723. The maximum Gasteiger partial charge on any atom is 0.234 e. The Hall–Kier alpha value is -1.46. The monoisotopic (exact) mass is 292 g/mol. The summed E-state index contributed by atoms with van der Waals surface area (Å²) < 4.78 is 1.85. The zero-order valence-corrected chi connectivity index (χ0v) is 12.1. The van der Waals surface area contributed by atoms with Gasteiger partial charge in [-0.15, -0.1) is 10.2 Å². The summed E-state index contributed by atoms with van der Waals surface area (Å²) >= 11 is 7.44. The van der Waals surface area contributed by atoms with Gasteiger partial charge in [-0.3, -0.25) is 0 Å². The van der Waals surface area contributed by atoms with E-state index in [1.54, 1.807) is 11.3 Å². The van der Waals surface area contributed by atoms with Crippen LogP contribution in [0.15, 0.2) is 24.3 Å². The summed E-state index contributed by atoms with van der Waals surface area (Å²) in [7, 11) is 0. The fourth-order valence-electron chi connectivity index (χ4n) is 1.86. The maximum absolute atomic E-state index is 5.89. The number of benzene rings is 1. The molecular weight excluding hydrogens is 280 g/mol. The standard InChI is InChI=1S/C13H13ClN4S/c1-2-3-4-11-15-16-13-18(11)17-12(19-13)9-5-7-10(14)8-6-9/h5-8H,2-4H2,1H3. The van der Waals surface area contributed by atoms with Crippen molar-refractivity contribution in [3.05, 3.63) is 35.1 Å².